The molecule has 1 saturated heterocycles. The Morgan fingerprint density at radius 2 is 1.84 bits per heavy atom. The van der Waals surface area contributed by atoms with Crippen molar-refractivity contribution in [3.63, 3.8) is 0 Å². The molecule has 0 spiro atoms. The average molecular weight is 478 g/mol. The third-order valence-electron chi connectivity index (χ3n) is 6.84. The Labute approximate surface area is 197 Å². The molecular formula is C24H26Cl2FN3O2. The summed E-state index contributed by atoms with van der Waals surface area (Å²) in [5.74, 6) is -0.463. The molecule has 3 N–H and O–H groups in total. The van der Waals surface area contributed by atoms with Crippen LogP contribution in [0.3, 0.4) is 0 Å². The van der Waals surface area contributed by atoms with Crippen LogP contribution < -0.4 is 20.7 Å². The molecule has 3 aliphatic carbocycles. The molecule has 2 bridgehead atoms. The van der Waals surface area contributed by atoms with Crippen molar-refractivity contribution >= 4 is 29.1 Å². The summed E-state index contributed by atoms with van der Waals surface area (Å²) in [5, 5.41) is 11.4. The molecule has 4 fully saturated rings. The summed E-state index contributed by atoms with van der Waals surface area (Å²) in [4.78, 5) is 12.3. The molecule has 2 unspecified atom stereocenters. The van der Waals surface area contributed by atoms with Crippen molar-refractivity contribution in [2.75, 3.05) is 6.61 Å². The van der Waals surface area contributed by atoms with E-state index in [0.717, 1.165) is 37.1 Å². The zero-order valence-corrected chi connectivity index (χ0v) is 19.1. The summed E-state index contributed by atoms with van der Waals surface area (Å²) in [5.41, 5.74) is 1.23. The predicted octanol–water partition coefficient (Wildman–Crippen LogP) is 4.73. The Balaban J connectivity index is 1.07. The molecule has 170 valence electrons. The molecule has 0 aromatic heterocycles. The van der Waals surface area contributed by atoms with Gasteiger partial charge >= 0.3 is 0 Å². The second-order valence-corrected chi connectivity index (χ2v) is 10.2. The molecule has 6 rings (SSSR count). The third kappa shape index (κ3) is 4.46. The first kappa shape index (κ1) is 22.0. The minimum atomic E-state index is -0.563. The molecule has 8 heteroatoms. The molecule has 1 heterocycles. The minimum absolute atomic E-state index is 0.0282. The van der Waals surface area contributed by atoms with Crippen LogP contribution in [-0.4, -0.2) is 29.8 Å². The number of rotatable bonds is 7. The lowest BCUT2D eigenvalue weighted by atomic mass is 9.44. The van der Waals surface area contributed by atoms with E-state index in [4.69, 9.17) is 27.9 Å². The lowest BCUT2D eigenvalue weighted by molar-refractivity contribution is -0.146. The van der Waals surface area contributed by atoms with Crippen LogP contribution in [0.15, 0.2) is 42.5 Å². The molecule has 3 saturated carbocycles. The average Bonchev–Trinajstić information content (AvgIpc) is 2.73. The van der Waals surface area contributed by atoms with Crippen LogP contribution >= 0.6 is 23.2 Å². The zero-order valence-electron chi connectivity index (χ0n) is 17.6. The Morgan fingerprint density at radius 3 is 2.56 bits per heavy atom. The van der Waals surface area contributed by atoms with Crippen molar-refractivity contribution in [1.82, 2.24) is 16.0 Å². The summed E-state index contributed by atoms with van der Waals surface area (Å²) in [6.45, 7) is -0.143. The highest BCUT2D eigenvalue weighted by atomic mass is 35.5. The maximum Gasteiger partial charge on any atom is 0.258 e. The van der Waals surface area contributed by atoms with E-state index in [2.05, 4.69) is 28.1 Å². The molecule has 2 aromatic rings. The number of piperidine rings is 1. The molecule has 5 nitrogen and oxygen atoms in total. The van der Waals surface area contributed by atoms with Crippen LogP contribution in [-0.2, 0) is 4.79 Å². The summed E-state index contributed by atoms with van der Waals surface area (Å²) >= 11 is 11.7. The monoisotopic (exact) mass is 477 g/mol. The van der Waals surface area contributed by atoms with Crippen LogP contribution in [0.1, 0.15) is 50.1 Å². The van der Waals surface area contributed by atoms with E-state index < -0.39 is 5.82 Å². The minimum Gasteiger partial charge on any atom is -0.484 e. The number of carbonyl (C=O) groups is 1. The fourth-order valence-corrected chi connectivity index (χ4v) is 5.74. The highest BCUT2D eigenvalue weighted by Gasteiger charge is 2.68. The van der Waals surface area contributed by atoms with Gasteiger partial charge in [-0.25, -0.2) is 4.39 Å². The molecule has 2 atom stereocenters. The Kier molecular flexibility index (Phi) is 5.82. The van der Waals surface area contributed by atoms with E-state index in [1.54, 1.807) is 6.07 Å². The van der Waals surface area contributed by atoms with E-state index >= 15 is 0 Å². The van der Waals surface area contributed by atoms with Crippen molar-refractivity contribution in [1.29, 1.82) is 0 Å². The largest absolute Gasteiger partial charge is 0.484 e. The maximum absolute atomic E-state index is 13.5. The Bertz CT molecular complexity index is 997. The number of hydrogen-bond acceptors (Lipinski definition) is 4. The number of benzene rings is 2. The number of ether oxygens (including phenoxy) is 1. The SMILES string of the molecule is O=C(COc1ccc(Cl)c(F)c1)NC12CC(NC3CCCC(c4ccc(Cl)cc4)N3)(C1)C2. The summed E-state index contributed by atoms with van der Waals surface area (Å²) in [6, 6.07) is 12.5. The lowest BCUT2D eigenvalue weighted by Crippen LogP contribution is -2.85. The van der Waals surface area contributed by atoms with E-state index in [-0.39, 0.29) is 40.5 Å². The molecule has 1 aliphatic heterocycles. The first-order valence-electron chi connectivity index (χ1n) is 11.0. The molecular weight excluding hydrogens is 452 g/mol. The maximum atomic E-state index is 13.5. The molecule has 4 aliphatic rings. The molecule has 1 amide bonds. The van der Waals surface area contributed by atoms with Crippen molar-refractivity contribution in [3.05, 3.63) is 63.9 Å². The Hall–Kier alpha value is -1.86. The van der Waals surface area contributed by atoms with Gasteiger partial charge < -0.3 is 10.1 Å². The van der Waals surface area contributed by atoms with Crippen LogP contribution in [0.4, 0.5) is 4.39 Å². The standard InChI is InChI=1S/C24H26Cl2FN3O2/c25-16-6-4-15(5-7-16)20-2-1-3-21(28-20)29-23-12-24(13-23,14-23)30-22(31)11-32-17-8-9-18(26)19(27)10-17/h4-10,20-21,28-29H,1-3,11-14H2,(H,30,31). The Morgan fingerprint density at radius 1 is 1.09 bits per heavy atom. The second kappa shape index (κ2) is 8.49. The van der Waals surface area contributed by atoms with Crippen molar-refractivity contribution in [3.8, 4) is 5.75 Å². The quantitative estimate of drug-likeness (QED) is 0.539. The van der Waals surface area contributed by atoms with Crippen LogP contribution in [0.2, 0.25) is 10.0 Å². The normalized spacial score (nSPS) is 30.7. The van der Waals surface area contributed by atoms with E-state index in [9.17, 15) is 9.18 Å². The summed E-state index contributed by atoms with van der Waals surface area (Å²) in [7, 11) is 0. The topological polar surface area (TPSA) is 62.4 Å². The van der Waals surface area contributed by atoms with Gasteiger partial charge in [0, 0.05) is 28.2 Å². The third-order valence-corrected chi connectivity index (χ3v) is 7.40. The van der Waals surface area contributed by atoms with Gasteiger partial charge in [-0.15, -0.1) is 0 Å². The first-order chi connectivity index (χ1) is 15.3. The van der Waals surface area contributed by atoms with Gasteiger partial charge in [-0.05, 0) is 68.4 Å². The number of halogens is 3. The van der Waals surface area contributed by atoms with E-state index in [1.807, 2.05) is 12.1 Å². The number of hydrogen-bond donors (Lipinski definition) is 3. The highest BCUT2D eigenvalue weighted by molar-refractivity contribution is 6.30. The van der Waals surface area contributed by atoms with Gasteiger partial charge in [-0.2, -0.15) is 0 Å². The highest BCUT2D eigenvalue weighted by Crippen LogP contribution is 2.60. The predicted molar refractivity (Wildman–Crippen MR) is 122 cm³/mol. The van der Waals surface area contributed by atoms with Crippen molar-refractivity contribution in [2.24, 2.45) is 0 Å². The first-order valence-corrected chi connectivity index (χ1v) is 11.8. The fourth-order valence-electron chi connectivity index (χ4n) is 5.50. The lowest BCUT2D eigenvalue weighted by Gasteiger charge is -2.71. The second-order valence-electron chi connectivity index (χ2n) is 9.40. The fraction of sp³-hybridized carbons (Fsp3) is 0.458. The molecule has 0 radical (unpaired) electrons. The van der Waals surface area contributed by atoms with Gasteiger partial charge in [0.15, 0.2) is 6.61 Å². The van der Waals surface area contributed by atoms with Gasteiger partial charge in [-0.1, -0.05) is 35.3 Å². The van der Waals surface area contributed by atoms with Gasteiger partial charge in [0.1, 0.15) is 11.6 Å². The van der Waals surface area contributed by atoms with Gasteiger partial charge in [-0.3, -0.25) is 15.4 Å². The number of nitrogens with one attached hydrogen (secondary N) is 3. The molecule has 2 aromatic carbocycles. The van der Waals surface area contributed by atoms with Crippen LogP contribution in [0.5, 0.6) is 5.75 Å². The van der Waals surface area contributed by atoms with Gasteiger partial charge in [0.2, 0.25) is 0 Å². The summed E-state index contributed by atoms with van der Waals surface area (Å²) < 4.78 is 18.9. The smallest absolute Gasteiger partial charge is 0.258 e. The van der Waals surface area contributed by atoms with Gasteiger partial charge in [0.05, 0.1) is 11.2 Å². The van der Waals surface area contributed by atoms with E-state index in [1.165, 1.54) is 24.1 Å². The van der Waals surface area contributed by atoms with Crippen LogP contribution in [0, 0.1) is 5.82 Å². The number of carbonyl (C=O) groups excluding carboxylic acids is 1. The molecule has 32 heavy (non-hydrogen) atoms. The number of amides is 1. The summed E-state index contributed by atoms with van der Waals surface area (Å²) in [6.07, 6.45) is 6.41. The van der Waals surface area contributed by atoms with Gasteiger partial charge in [0.25, 0.3) is 5.91 Å². The zero-order chi connectivity index (χ0) is 22.3. The van der Waals surface area contributed by atoms with E-state index in [0.29, 0.717) is 6.04 Å². The van der Waals surface area contributed by atoms with Crippen molar-refractivity contribution in [2.45, 2.75) is 61.8 Å². The van der Waals surface area contributed by atoms with Crippen molar-refractivity contribution < 1.29 is 13.9 Å². The van der Waals surface area contributed by atoms with Crippen LogP contribution in [0.25, 0.3) is 0 Å².